The van der Waals surface area contributed by atoms with Gasteiger partial charge in [0.25, 0.3) is 12.0 Å². The van der Waals surface area contributed by atoms with Gasteiger partial charge in [-0.3, -0.25) is 14.3 Å². The van der Waals surface area contributed by atoms with Crippen LogP contribution < -0.4 is 15.4 Å². The van der Waals surface area contributed by atoms with Crippen molar-refractivity contribution in [2.24, 2.45) is 0 Å². The topological polar surface area (TPSA) is 146 Å². The van der Waals surface area contributed by atoms with Gasteiger partial charge in [0.1, 0.15) is 6.54 Å². The van der Waals surface area contributed by atoms with E-state index in [1.54, 1.807) is 27.0 Å². The zero-order valence-corrected chi connectivity index (χ0v) is 19.6. The van der Waals surface area contributed by atoms with Crippen LogP contribution in [0.1, 0.15) is 46.2 Å². The highest BCUT2D eigenvalue weighted by Gasteiger charge is 2.60. The number of amides is 2. The number of carboxylic acid groups (broad SMARTS) is 2. The minimum absolute atomic E-state index is 0.142. The van der Waals surface area contributed by atoms with Gasteiger partial charge in [-0.2, -0.15) is 0 Å². The van der Waals surface area contributed by atoms with Crippen LogP contribution in [-0.2, 0) is 16.2 Å². The van der Waals surface area contributed by atoms with Gasteiger partial charge in [0.2, 0.25) is 5.54 Å². The molecule has 33 heavy (non-hydrogen) atoms. The number of aliphatic hydroxyl groups is 1. The lowest BCUT2D eigenvalue weighted by Gasteiger charge is -2.56. The van der Waals surface area contributed by atoms with Gasteiger partial charge in [-0.05, 0) is 52.7 Å². The molecule has 2 aliphatic rings. The van der Waals surface area contributed by atoms with Crippen molar-refractivity contribution in [1.29, 1.82) is 0 Å². The van der Waals surface area contributed by atoms with E-state index in [-0.39, 0.29) is 25.7 Å². The summed E-state index contributed by atoms with van der Waals surface area (Å²) in [6.45, 7) is 6.86. The first-order valence-electron chi connectivity index (χ1n) is 11.1. The molecule has 11 nitrogen and oxygen atoms in total. The average molecular weight is 464 g/mol. The molecule has 1 aromatic heterocycles. The highest BCUT2D eigenvalue weighted by molar-refractivity contribution is 5.89. The molecule has 3 rings (SSSR count). The van der Waals surface area contributed by atoms with Crippen LogP contribution in [0.15, 0.2) is 18.3 Å². The van der Waals surface area contributed by atoms with Gasteiger partial charge in [0.15, 0.2) is 6.54 Å². The number of rotatable bonds is 5. The summed E-state index contributed by atoms with van der Waals surface area (Å²) in [5, 5.41) is 32.6. The number of aliphatic carboxylic acids is 1. The van der Waals surface area contributed by atoms with Gasteiger partial charge >= 0.3 is 5.97 Å². The highest BCUT2D eigenvalue weighted by Crippen LogP contribution is 2.35. The van der Waals surface area contributed by atoms with Gasteiger partial charge < -0.3 is 25.0 Å². The van der Waals surface area contributed by atoms with E-state index in [1.165, 1.54) is 6.92 Å². The third kappa shape index (κ3) is 4.53. The van der Waals surface area contributed by atoms with Crippen LogP contribution in [0, 0.1) is 0 Å². The van der Waals surface area contributed by atoms with Gasteiger partial charge in [-0.1, -0.05) is 0 Å². The number of quaternary nitrogens is 1. The summed E-state index contributed by atoms with van der Waals surface area (Å²) in [6, 6.07) is 3.54. The number of hydrazine groups is 1. The number of carbonyl (C=O) groups is 3. The SMILES string of the molecule is CC1(C(=O)O)C[N+](C(=O)[O-])(C(C)(C)C)CC(=O)N1NC1CCN(c2ccnc(CO)c2)CC1. The highest BCUT2D eigenvalue weighted by atomic mass is 16.4. The lowest BCUT2D eigenvalue weighted by Crippen LogP contribution is -2.82. The van der Waals surface area contributed by atoms with Crippen molar-refractivity contribution in [2.45, 2.75) is 64.3 Å². The maximum Gasteiger partial charge on any atom is 0.336 e. The van der Waals surface area contributed by atoms with Gasteiger partial charge in [0, 0.05) is 31.0 Å². The van der Waals surface area contributed by atoms with E-state index < -0.39 is 33.5 Å². The molecule has 2 unspecified atom stereocenters. The molecule has 11 heteroatoms. The molecule has 0 saturated carbocycles. The molecule has 0 bridgehead atoms. The summed E-state index contributed by atoms with van der Waals surface area (Å²) in [6.07, 6.45) is 1.48. The number of anilines is 1. The Morgan fingerprint density at radius 1 is 1.33 bits per heavy atom. The fraction of sp³-hybridized carbons (Fsp3) is 0.636. The first kappa shape index (κ1) is 24.9. The number of piperazine rings is 1. The molecule has 0 aliphatic carbocycles. The molecule has 2 aliphatic heterocycles. The van der Waals surface area contributed by atoms with Crippen LogP contribution in [0.2, 0.25) is 0 Å². The molecule has 2 saturated heterocycles. The Bertz CT molecular complexity index is 926. The molecule has 2 atom stereocenters. The summed E-state index contributed by atoms with van der Waals surface area (Å²) in [4.78, 5) is 43.9. The third-order valence-corrected chi connectivity index (χ3v) is 6.95. The van der Waals surface area contributed by atoms with E-state index in [1.807, 2.05) is 12.1 Å². The number of pyridine rings is 1. The average Bonchev–Trinajstić information content (AvgIpc) is 2.75. The minimum atomic E-state index is -1.76. The number of carbonyl (C=O) groups excluding carboxylic acids is 2. The maximum atomic E-state index is 13.2. The van der Waals surface area contributed by atoms with Crippen molar-refractivity contribution >= 4 is 23.7 Å². The summed E-state index contributed by atoms with van der Waals surface area (Å²) in [5.74, 6) is -1.86. The van der Waals surface area contributed by atoms with Crippen LogP contribution in [0.5, 0.6) is 0 Å². The number of nitrogens with one attached hydrogen (secondary N) is 1. The number of hydrogen-bond donors (Lipinski definition) is 3. The van der Waals surface area contributed by atoms with Gasteiger partial charge in [0.05, 0.1) is 17.8 Å². The largest absolute Gasteiger partial charge is 0.498 e. The van der Waals surface area contributed by atoms with Crippen molar-refractivity contribution in [2.75, 3.05) is 31.1 Å². The van der Waals surface area contributed by atoms with Crippen molar-refractivity contribution in [3.05, 3.63) is 24.0 Å². The first-order valence-corrected chi connectivity index (χ1v) is 11.1. The standard InChI is InChI=1S/C22H33N5O6/c1-21(2,3)27(20(32)33)12-18(29)26(22(4,14-27)19(30)31)24-15-6-9-25(10-7-15)17-5-8-23-16(11-17)13-28/h5,8,11,15,24,28H,6-7,9-10,12-14H2,1-4H3,(H-,30,31,32,33). The summed E-state index contributed by atoms with van der Waals surface area (Å²) >= 11 is 0. The molecular weight excluding hydrogens is 430 g/mol. The molecule has 182 valence electrons. The number of aromatic nitrogens is 1. The van der Waals surface area contributed by atoms with Crippen LogP contribution >= 0.6 is 0 Å². The molecule has 0 aromatic carbocycles. The summed E-state index contributed by atoms with van der Waals surface area (Å²) in [7, 11) is 0. The van der Waals surface area contributed by atoms with Crippen molar-refractivity contribution < 1.29 is 34.2 Å². The fourth-order valence-corrected chi connectivity index (χ4v) is 4.68. The molecular formula is C22H33N5O6. The second kappa shape index (κ2) is 8.88. The van der Waals surface area contributed by atoms with Crippen molar-refractivity contribution in [3.63, 3.8) is 0 Å². The Kier molecular flexibility index (Phi) is 6.69. The minimum Gasteiger partial charge on any atom is -0.498 e. The zero-order chi connectivity index (χ0) is 24.6. The van der Waals surface area contributed by atoms with Crippen LogP contribution in [0.25, 0.3) is 0 Å². The molecule has 3 heterocycles. The number of piperidine rings is 1. The van der Waals surface area contributed by atoms with Crippen LogP contribution in [0.4, 0.5) is 10.5 Å². The normalized spacial score (nSPS) is 27.0. The second-order valence-corrected chi connectivity index (χ2v) is 10.1. The maximum absolute atomic E-state index is 13.2. The molecule has 1 aromatic rings. The zero-order valence-electron chi connectivity index (χ0n) is 19.6. The predicted octanol–water partition coefficient (Wildman–Crippen LogP) is -0.309. The lowest BCUT2D eigenvalue weighted by molar-refractivity contribution is -0.919. The Balaban J connectivity index is 1.76. The Morgan fingerprint density at radius 3 is 2.48 bits per heavy atom. The quantitative estimate of drug-likeness (QED) is 0.501. The van der Waals surface area contributed by atoms with Gasteiger partial charge in [-0.15, -0.1) is 0 Å². The van der Waals surface area contributed by atoms with E-state index in [0.717, 1.165) is 10.7 Å². The molecule has 0 radical (unpaired) electrons. The lowest BCUT2D eigenvalue weighted by atomic mass is 9.90. The number of aliphatic hydroxyl groups excluding tert-OH is 1. The molecule has 3 N–H and O–H groups in total. The fourth-order valence-electron chi connectivity index (χ4n) is 4.68. The summed E-state index contributed by atoms with van der Waals surface area (Å²) in [5.41, 5.74) is 1.93. The van der Waals surface area contributed by atoms with Crippen molar-refractivity contribution in [3.8, 4) is 0 Å². The number of hydrogen-bond acceptors (Lipinski definition) is 8. The van der Waals surface area contributed by atoms with E-state index in [0.29, 0.717) is 31.6 Å². The third-order valence-electron chi connectivity index (χ3n) is 6.95. The first-order chi connectivity index (χ1) is 15.3. The smallest absolute Gasteiger partial charge is 0.336 e. The monoisotopic (exact) mass is 463 g/mol. The Labute approximate surface area is 193 Å². The Hall–Kier alpha value is -2.76. The van der Waals surface area contributed by atoms with E-state index >= 15 is 0 Å². The molecule has 2 amide bonds. The van der Waals surface area contributed by atoms with Crippen LogP contribution in [-0.4, -0.2) is 86.0 Å². The van der Waals surface area contributed by atoms with E-state index in [9.17, 15) is 29.7 Å². The van der Waals surface area contributed by atoms with Gasteiger partial charge in [-0.25, -0.2) is 15.2 Å². The molecule has 0 spiro atoms. The predicted molar refractivity (Wildman–Crippen MR) is 117 cm³/mol. The second-order valence-electron chi connectivity index (χ2n) is 10.1. The van der Waals surface area contributed by atoms with Crippen LogP contribution in [0.3, 0.4) is 0 Å². The molecule has 2 fully saturated rings. The summed E-state index contributed by atoms with van der Waals surface area (Å²) < 4.78 is -0.763. The number of carboxylic acids is 1. The van der Waals surface area contributed by atoms with Crippen molar-refractivity contribution in [1.82, 2.24) is 15.4 Å². The Morgan fingerprint density at radius 2 is 1.97 bits per heavy atom. The van der Waals surface area contributed by atoms with E-state index in [2.05, 4.69) is 15.3 Å². The number of nitrogens with zero attached hydrogens (tertiary/aromatic N) is 4. The van der Waals surface area contributed by atoms with E-state index in [4.69, 9.17) is 0 Å².